The third-order valence-corrected chi connectivity index (χ3v) is 4.37. The molecule has 134 valence electrons. The smallest absolute Gasteiger partial charge is 0.231 e. The number of hydrogen-bond acceptors (Lipinski definition) is 5. The number of rotatable bonds is 5. The molecule has 0 spiro atoms. The quantitative estimate of drug-likeness (QED) is 0.761. The van der Waals surface area contributed by atoms with Gasteiger partial charge in [0.1, 0.15) is 17.4 Å². The molecule has 1 unspecified atom stereocenters. The van der Waals surface area contributed by atoms with Crippen LogP contribution in [0.4, 0.5) is 4.39 Å². The first-order chi connectivity index (χ1) is 12.7. The van der Waals surface area contributed by atoms with Crippen molar-refractivity contribution in [3.8, 4) is 28.6 Å². The molecule has 4 rings (SSSR count). The number of nitrogens with zero attached hydrogens (tertiary/aromatic N) is 2. The lowest BCUT2D eigenvalue weighted by Crippen LogP contribution is -2.15. The van der Waals surface area contributed by atoms with E-state index in [-0.39, 0.29) is 19.2 Å². The third-order valence-electron chi connectivity index (χ3n) is 4.37. The van der Waals surface area contributed by atoms with Crippen LogP contribution < -0.4 is 14.2 Å². The Bertz CT molecular complexity index is 924. The fourth-order valence-electron chi connectivity index (χ4n) is 3.08. The van der Waals surface area contributed by atoms with E-state index in [2.05, 4.69) is 4.98 Å². The number of methoxy groups -OCH3 is 1. The van der Waals surface area contributed by atoms with Gasteiger partial charge in [0, 0.05) is 18.5 Å². The van der Waals surface area contributed by atoms with Crippen LogP contribution in [0.1, 0.15) is 11.6 Å². The predicted octanol–water partition coefficient (Wildman–Crippen LogP) is 3.01. The van der Waals surface area contributed by atoms with Crippen LogP contribution in [0.2, 0.25) is 0 Å². The Balaban J connectivity index is 1.81. The molecule has 1 atom stereocenters. The molecule has 7 heteroatoms. The zero-order valence-electron chi connectivity index (χ0n) is 14.1. The monoisotopic (exact) mass is 356 g/mol. The standard InChI is InChI=1S/C19H17FN2O4/c1-24-16-9-18-17(25-11-26-18)8-14(16)19-21-6-7-22(19)15(10-23)12-2-4-13(20)5-3-12/h2-9,15,23H,10-11H2,1H3. The first-order valence-corrected chi connectivity index (χ1v) is 8.08. The Morgan fingerprint density at radius 2 is 1.96 bits per heavy atom. The molecule has 6 nitrogen and oxygen atoms in total. The molecule has 0 bridgehead atoms. The summed E-state index contributed by atoms with van der Waals surface area (Å²) < 4.78 is 31.4. The van der Waals surface area contributed by atoms with Crippen LogP contribution in [0.5, 0.6) is 17.2 Å². The van der Waals surface area contributed by atoms with Gasteiger partial charge >= 0.3 is 0 Å². The summed E-state index contributed by atoms with van der Waals surface area (Å²) >= 11 is 0. The summed E-state index contributed by atoms with van der Waals surface area (Å²) in [5, 5.41) is 9.95. The number of hydrogen-bond donors (Lipinski definition) is 1. The molecule has 3 aromatic rings. The maximum atomic E-state index is 13.2. The summed E-state index contributed by atoms with van der Waals surface area (Å²) in [6, 6.07) is 9.18. The minimum Gasteiger partial charge on any atom is -0.496 e. The Hall–Kier alpha value is -3.06. The van der Waals surface area contributed by atoms with Crippen molar-refractivity contribution in [2.45, 2.75) is 6.04 Å². The summed E-state index contributed by atoms with van der Waals surface area (Å²) in [5.41, 5.74) is 1.48. The number of ether oxygens (including phenoxy) is 3. The van der Waals surface area contributed by atoms with Gasteiger partial charge in [-0.15, -0.1) is 0 Å². The van der Waals surface area contributed by atoms with Crippen molar-refractivity contribution in [3.05, 3.63) is 60.2 Å². The topological polar surface area (TPSA) is 65.7 Å². The first-order valence-electron chi connectivity index (χ1n) is 8.08. The lowest BCUT2D eigenvalue weighted by molar-refractivity contribution is 0.174. The van der Waals surface area contributed by atoms with Gasteiger partial charge in [-0.05, 0) is 23.8 Å². The zero-order chi connectivity index (χ0) is 18.1. The second-order valence-corrected chi connectivity index (χ2v) is 5.81. The van der Waals surface area contributed by atoms with E-state index in [9.17, 15) is 9.50 Å². The van der Waals surface area contributed by atoms with Gasteiger partial charge in [-0.2, -0.15) is 0 Å². The van der Waals surface area contributed by atoms with Crippen molar-refractivity contribution in [2.24, 2.45) is 0 Å². The van der Waals surface area contributed by atoms with Gasteiger partial charge < -0.3 is 23.9 Å². The average molecular weight is 356 g/mol. The highest BCUT2D eigenvalue weighted by molar-refractivity contribution is 5.70. The van der Waals surface area contributed by atoms with Gasteiger partial charge in [-0.25, -0.2) is 9.37 Å². The molecule has 0 amide bonds. The van der Waals surface area contributed by atoms with E-state index in [0.29, 0.717) is 28.6 Å². The van der Waals surface area contributed by atoms with E-state index >= 15 is 0 Å². The van der Waals surface area contributed by atoms with Gasteiger partial charge in [-0.1, -0.05) is 12.1 Å². The molecule has 26 heavy (non-hydrogen) atoms. The van der Waals surface area contributed by atoms with E-state index in [0.717, 1.165) is 5.56 Å². The average Bonchev–Trinajstić information content (AvgIpc) is 3.31. The Morgan fingerprint density at radius 3 is 2.65 bits per heavy atom. The van der Waals surface area contributed by atoms with Crippen LogP contribution >= 0.6 is 0 Å². The van der Waals surface area contributed by atoms with Gasteiger partial charge in [0.15, 0.2) is 11.5 Å². The minimum atomic E-state index is -0.414. The fourth-order valence-corrected chi connectivity index (χ4v) is 3.08. The lowest BCUT2D eigenvalue weighted by atomic mass is 10.1. The SMILES string of the molecule is COc1cc2c(cc1-c1nccn1C(CO)c1ccc(F)cc1)OCO2. The molecule has 0 saturated carbocycles. The van der Waals surface area contributed by atoms with Gasteiger partial charge in [-0.3, -0.25) is 0 Å². The summed E-state index contributed by atoms with van der Waals surface area (Å²) in [6.07, 6.45) is 3.41. The van der Waals surface area contributed by atoms with Crippen molar-refractivity contribution in [2.75, 3.05) is 20.5 Å². The molecule has 0 aliphatic carbocycles. The molecule has 0 saturated heterocycles. The molecule has 0 fully saturated rings. The van der Waals surface area contributed by atoms with E-state index in [1.807, 2.05) is 4.57 Å². The molecule has 0 radical (unpaired) electrons. The Labute approximate surface area is 149 Å². The fraction of sp³-hybridized carbons (Fsp3) is 0.211. The number of fused-ring (bicyclic) bond motifs is 1. The molecular formula is C19H17FN2O4. The summed E-state index contributed by atoms with van der Waals surface area (Å²) in [4.78, 5) is 4.43. The largest absolute Gasteiger partial charge is 0.496 e. The molecule has 1 aliphatic heterocycles. The number of aliphatic hydroxyl groups is 1. The van der Waals surface area contributed by atoms with Crippen molar-refractivity contribution in [1.82, 2.24) is 9.55 Å². The second-order valence-electron chi connectivity index (χ2n) is 5.81. The zero-order valence-corrected chi connectivity index (χ0v) is 14.1. The molecule has 1 aromatic heterocycles. The maximum Gasteiger partial charge on any atom is 0.231 e. The van der Waals surface area contributed by atoms with Crippen LogP contribution in [-0.4, -0.2) is 35.2 Å². The van der Waals surface area contributed by atoms with Crippen LogP contribution in [0.3, 0.4) is 0 Å². The van der Waals surface area contributed by atoms with Crippen molar-refractivity contribution < 1.29 is 23.7 Å². The van der Waals surface area contributed by atoms with Crippen molar-refractivity contribution in [3.63, 3.8) is 0 Å². The summed E-state index contributed by atoms with van der Waals surface area (Å²) in [6.45, 7) is -0.00686. The molecule has 2 aromatic carbocycles. The number of aliphatic hydroxyl groups excluding tert-OH is 1. The number of benzene rings is 2. The predicted molar refractivity (Wildman–Crippen MR) is 92.0 cm³/mol. The minimum absolute atomic E-state index is 0.158. The Morgan fingerprint density at radius 1 is 1.23 bits per heavy atom. The van der Waals surface area contributed by atoms with Crippen LogP contribution in [0, 0.1) is 5.82 Å². The summed E-state index contributed by atoms with van der Waals surface area (Å²) in [7, 11) is 1.57. The van der Waals surface area contributed by atoms with Gasteiger partial charge in [0.2, 0.25) is 6.79 Å². The maximum absolute atomic E-state index is 13.2. The molecule has 1 aliphatic rings. The molecular weight excluding hydrogens is 339 g/mol. The van der Waals surface area contributed by atoms with E-state index < -0.39 is 6.04 Å². The van der Waals surface area contributed by atoms with E-state index in [4.69, 9.17) is 14.2 Å². The highest BCUT2D eigenvalue weighted by atomic mass is 19.1. The Kier molecular flexibility index (Phi) is 4.22. The molecule has 2 heterocycles. The highest BCUT2D eigenvalue weighted by Crippen LogP contribution is 2.42. The number of imidazole rings is 1. The number of halogens is 1. The summed E-state index contributed by atoms with van der Waals surface area (Å²) in [5.74, 6) is 2.08. The van der Waals surface area contributed by atoms with Gasteiger partial charge in [0.05, 0.1) is 25.3 Å². The normalized spacial score (nSPS) is 13.7. The van der Waals surface area contributed by atoms with E-state index in [1.165, 1.54) is 12.1 Å². The first kappa shape index (κ1) is 16.4. The second kappa shape index (κ2) is 6.68. The van der Waals surface area contributed by atoms with Crippen LogP contribution in [0.15, 0.2) is 48.8 Å². The van der Waals surface area contributed by atoms with Gasteiger partial charge in [0.25, 0.3) is 0 Å². The third kappa shape index (κ3) is 2.76. The lowest BCUT2D eigenvalue weighted by Gasteiger charge is -2.20. The van der Waals surface area contributed by atoms with Crippen molar-refractivity contribution in [1.29, 1.82) is 0 Å². The molecule has 1 N–H and O–H groups in total. The van der Waals surface area contributed by atoms with Crippen LogP contribution in [-0.2, 0) is 0 Å². The highest BCUT2D eigenvalue weighted by Gasteiger charge is 2.23. The van der Waals surface area contributed by atoms with E-state index in [1.54, 1.807) is 43.8 Å². The van der Waals surface area contributed by atoms with Crippen LogP contribution in [0.25, 0.3) is 11.4 Å². The number of aromatic nitrogens is 2. The van der Waals surface area contributed by atoms with Crippen molar-refractivity contribution >= 4 is 0 Å².